The second-order valence-corrected chi connectivity index (χ2v) is 8.30. The molecule has 27 heavy (non-hydrogen) atoms. The van der Waals surface area contributed by atoms with Gasteiger partial charge in [-0.25, -0.2) is 0 Å². The number of aryl methyl sites for hydroxylation is 2. The molecule has 0 radical (unpaired) electrons. The first-order valence-corrected chi connectivity index (χ1v) is 9.32. The van der Waals surface area contributed by atoms with Crippen molar-refractivity contribution in [3.8, 4) is 0 Å². The van der Waals surface area contributed by atoms with Crippen LogP contribution in [0.4, 0.5) is 11.4 Å². The number of hydrogen-bond acceptors (Lipinski definition) is 2. The smallest absolute Gasteiger partial charge is 0.244 e. The summed E-state index contributed by atoms with van der Waals surface area (Å²) in [5, 5.41) is 3.32. The van der Waals surface area contributed by atoms with Crippen LogP contribution in [0, 0.1) is 13.8 Å². The molecular weight excluding hydrogens is 360 g/mol. The van der Waals surface area contributed by atoms with Crippen LogP contribution >= 0.6 is 11.6 Å². The number of nitrogens with zero attached hydrogens (tertiary/aromatic N) is 1. The Balaban J connectivity index is 2.19. The topological polar surface area (TPSA) is 49.4 Å². The van der Waals surface area contributed by atoms with Gasteiger partial charge in [0.1, 0.15) is 6.54 Å². The number of carbonyl (C=O) groups is 2. The summed E-state index contributed by atoms with van der Waals surface area (Å²) in [7, 11) is 0. The highest BCUT2D eigenvalue weighted by Crippen LogP contribution is 2.28. The standard InChI is InChI=1S/C22H27ClN2O2/c1-14-11-15(2)21(19(23)12-14)24-20(27)13-25(16(3)26)18-9-7-17(8-10-18)22(4,5)6/h7-12H,13H2,1-6H3,(H,24,27). The van der Waals surface area contributed by atoms with E-state index in [0.717, 1.165) is 11.1 Å². The molecule has 0 bridgehead atoms. The first-order valence-electron chi connectivity index (χ1n) is 8.94. The van der Waals surface area contributed by atoms with Crippen molar-refractivity contribution in [3.63, 3.8) is 0 Å². The summed E-state index contributed by atoms with van der Waals surface area (Å²) in [4.78, 5) is 26.1. The molecule has 0 saturated carbocycles. The van der Waals surface area contributed by atoms with Crippen molar-refractivity contribution in [1.82, 2.24) is 0 Å². The number of carbonyl (C=O) groups excluding carboxylic acids is 2. The molecule has 0 saturated heterocycles. The number of hydrogen-bond donors (Lipinski definition) is 1. The third-order valence-electron chi connectivity index (χ3n) is 4.42. The van der Waals surface area contributed by atoms with Crippen LogP contribution in [0.2, 0.25) is 5.02 Å². The Morgan fingerprint density at radius 1 is 1.07 bits per heavy atom. The Morgan fingerprint density at radius 2 is 1.67 bits per heavy atom. The molecule has 0 aliphatic carbocycles. The van der Waals surface area contributed by atoms with Crippen molar-refractivity contribution in [2.45, 2.75) is 47.0 Å². The molecule has 2 amide bonds. The highest BCUT2D eigenvalue weighted by atomic mass is 35.5. The predicted molar refractivity (Wildman–Crippen MR) is 113 cm³/mol. The minimum absolute atomic E-state index is 0.0245. The van der Waals surface area contributed by atoms with E-state index in [1.54, 1.807) is 6.07 Å². The summed E-state index contributed by atoms with van der Waals surface area (Å²) in [6.07, 6.45) is 0. The summed E-state index contributed by atoms with van der Waals surface area (Å²) in [5.41, 5.74) is 4.38. The lowest BCUT2D eigenvalue weighted by Crippen LogP contribution is -2.36. The molecule has 0 spiro atoms. The van der Waals surface area contributed by atoms with Gasteiger partial charge in [-0.2, -0.15) is 0 Å². The average Bonchev–Trinajstić information content (AvgIpc) is 2.55. The van der Waals surface area contributed by atoms with E-state index in [-0.39, 0.29) is 23.8 Å². The highest BCUT2D eigenvalue weighted by Gasteiger charge is 2.19. The molecule has 0 unspecified atom stereocenters. The van der Waals surface area contributed by atoms with E-state index < -0.39 is 0 Å². The number of rotatable bonds is 4. The molecular formula is C22H27ClN2O2. The Morgan fingerprint density at radius 3 is 2.15 bits per heavy atom. The van der Waals surface area contributed by atoms with Crippen molar-refractivity contribution in [3.05, 3.63) is 58.1 Å². The van der Waals surface area contributed by atoms with E-state index in [0.29, 0.717) is 16.4 Å². The van der Waals surface area contributed by atoms with Crippen LogP contribution in [-0.4, -0.2) is 18.4 Å². The van der Waals surface area contributed by atoms with E-state index in [1.165, 1.54) is 17.4 Å². The van der Waals surface area contributed by atoms with Crippen molar-refractivity contribution < 1.29 is 9.59 Å². The summed E-state index contributed by atoms with van der Waals surface area (Å²) in [6, 6.07) is 11.5. The molecule has 2 aromatic carbocycles. The van der Waals surface area contributed by atoms with Crippen molar-refractivity contribution in [2.24, 2.45) is 0 Å². The van der Waals surface area contributed by atoms with Crippen molar-refractivity contribution in [2.75, 3.05) is 16.8 Å². The fourth-order valence-corrected chi connectivity index (χ4v) is 3.29. The molecule has 5 heteroatoms. The summed E-state index contributed by atoms with van der Waals surface area (Å²) >= 11 is 6.26. The maximum absolute atomic E-state index is 12.6. The Hall–Kier alpha value is -2.33. The zero-order valence-electron chi connectivity index (χ0n) is 16.8. The van der Waals surface area contributed by atoms with Gasteiger partial charge in [0.15, 0.2) is 0 Å². The van der Waals surface area contributed by atoms with Gasteiger partial charge < -0.3 is 10.2 Å². The molecule has 4 nitrogen and oxygen atoms in total. The fourth-order valence-electron chi connectivity index (χ4n) is 2.92. The van der Waals surface area contributed by atoms with Crippen LogP contribution in [0.1, 0.15) is 44.4 Å². The average molecular weight is 387 g/mol. The molecule has 0 atom stereocenters. The molecule has 2 rings (SSSR count). The van der Waals surface area contributed by atoms with Crippen LogP contribution in [0.3, 0.4) is 0 Å². The fraction of sp³-hybridized carbons (Fsp3) is 0.364. The molecule has 1 N–H and O–H groups in total. The van der Waals surface area contributed by atoms with Gasteiger partial charge in [-0.15, -0.1) is 0 Å². The van der Waals surface area contributed by atoms with E-state index in [2.05, 4.69) is 26.1 Å². The van der Waals surface area contributed by atoms with E-state index >= 15 is 0 Å². The van der Waals surface area contributed by atoms with E-state index in [1.807, 2.05) is 44.2 Å². The summed E-state index contributed by atoms with van der Waals surface area (Å²) in [6.45, 7) is 11.6. The molecule has 144 valence electrons. The number of nitrogens with one attached hydrogen (secondary N) is 1. The predicted octanol–water partition coefficient (Wildman–Crippen LogP) is 5.25. The maximum Gasteiger partial charge on any atom is 0.244 e. The first kappa shape index (κ1) is 21.0. The molecule has 0 aliphatic rings. The Labute approximate surface area is 166 Å². The van der Waals surface area contributed by atoms with Crippen molar-refractivity contribution in [1.29, 1.82) is 0 Å². The first-order chi connectivity index (χ1) is 12.5. The Kier molecular flexibility index (Phi) is 6.32. The third kappa shape index (κ3) is 5.33. The van der Waals surface area contributed by atoms with Gasteiger partial charge in [0, 0.05) is 12.6 Å². The number of amides is 2. The van der Waals surface area contributed by atoms with Gasteiger partial charge in [-0.1, -0.05) is 50.6 Å². The lowest BCUT2D eigenvalue weighted by atomic mass is 9.87. The molecule has 0 fully saturated rings. The summed E-state index contributed by atoms with van der Waals surface area (Å²) in [5.74, 6) is -0.487. The lowest BCUT2D eigenvalue weighted by Gasteiger charge is -2.24. The van der Waals surface area contributed by atoms with Crippen molar-refractivity contribution >= 4 is 34.8 Å². The van der Waals surface area contributed by atoms with E-state index in [4.69, 9.17) is 11.6 Å². The second-order valence-electron chi connectivity index (χ2n) is 7.89. The van der Waals surface area contributed by atoms with Gasteiger partial charge >= 0.3 is 0 Å². The van der Waals surface area contributed by atoms with Crippen LogP contribution in [0.15, 0.2) is 36.4 Å². The monoisotopic (exact) mass is 386 g/mol. The summed E-state index contributed by atoms with van der Waals surface area (Å²) < 4.78 is 0. The second kappa shape index (κ2) is 8.13. The zero-order chi connectivity index (χ0) is 20.4. The number of benzene rings is 2. The van der Waals surface area contributed by atoms with Crippen LogP contribution in [-0.2, 0) is 15.0 Å². The minimum atomic E-state index is -0.293. The minimum Gasteiger partial charge on any atom is -0.323 e. The quantitative estimate of drug-likeness (QED) is 0.780. The number of halogens is 1. The van der Waals surface area contributed by atoms with Crippen LogP contribution < -0.4 is 10.2 Å². The highest BCUT2D eigenvalue weighted by molar-refractivity contribution is 6.34. The number of anilines is 2. The molecule has 2 aromatic rings. The maximum atomic E-state index is 12.6. The zero-order valence-corrected chi connectivity index (χ0v) is 17.6. The van der Waals surface area contributed by atoms with Crippen LogP contribution in [0.25, 0.3) is 0 Å². The van der Waals surface area contributed by atoms with E-state index in [9.17, 15) is 9.59 Å². The molecule has 0 aliphatic heterocycles. The van der Waals surface area contributed by atoms with Gasteiger partial charge in [0.2, 0.25) is 11.8 Å². The SMILES string of the molecule is CC(=O)N(CC(=O)Nc1c(C)cc(C)cc1Cl)c1ccc(C(C)(C)C)cc1. The largest absolute Gasteiger partial charge is 0.323 e. The van der Waals surface area contributed by atoms with Crippen LogP contribution in [0.5, 0.6) is 0 Å². The normalized spacial score (nSPS) is 11.2. The Bertz CT molecular complexity index is 829. The van der Waals surface area contributed by atoms with Gasteiger partial charge in [0.25, 0.3) is 0 Å². The molecule has 0 heterocycles. The third-order valence-corrected chi connectivity index (χ3v) is 4.72. The van der Waals surface area contributed by atoms with Gasteiger partial charge in [0.05, 0.1) is 10.7 Å². The van der Waals surface area contributed by atoms with Gasteiger partial charge in [-0.05, 0) is 54.2 Å². The molecule has 0 aromatic heterocycles. The van der Waals surface area contributed by atoms with Gasteiger partial charge in [-0.3, -0.25) is 9.59 Å². The lowest BCUT2D eigenvalue weighted by molar-refractivity contribution is -0.120.